The molecule has 0 heterocycles. The summed E-state index contributed by atoms with van der Waals surface area (Å²) in [5.41, 5.74) is 0.840. The molecule has 1 amide bonds. The summed E-state index contributed by atoms with van der Waals surface area (Å²) in [6.07, 6.45) is 1.38. The molecule has 2 rings (SSSR count). The van der Waals surface area contributed by atoms with Gasteiger partial charge in [0.25, 0.3) is 5.91 Å². The van der Waals surface area contributed by atoms with Crippen molar-refractivity contribution in [1.29, 1.82) is 5.26 Å². The van der Waals surface area contributed by atoms with E-state index in [1.807, 2.05) is 6.07 Å². The van der Waals surface area contributed by atoms with Crippen LogP contribution in [0.3, 0.4) is 0 Å². The van der Waals surface area contributed by atoms with Crippen LogP contribution < -0.4 is 14.8 Å². The first-order valence-corrected chi connectivity index (χ1v) is 8.02. The first-order valence-electron chi connectivity index (χ1n) is 7.64. The van der Waals surface area contributed by atoms with E-state index in [1.165, 1.54) is 25.3 Å². The molecule has 2 aromatic rings. The Morgan fingerprint density at radius 2 is 2.04 bits per heavy atom. The summed E-state index contributed by atoms with van der Waals surface area (Å²) in [7, 11) is 1.40. The van der Waals surface area contributed by atoms with E-state index in [1.54, 1.807) is 30.3 Å². The summed E-state index contributed by atoms with van der Waals surface area (Å²) in [5.74, 6) is -1.20. The Kier molecular flexibility index (Phi) is 6.80. The number of carbonyl (C=O) groups is 2. The number of carboxylic acids is 1. The first kappa shape index (κ1) is 19.8. The van der Waals surface area contributed by atoms with E-state index in [0.29, 0.717) is 16.3 Å². The lowest BCUT2D eigenvalue weighted by molar-refractivity contribution is -0.139. The smallest absolute Gasteiger partial charge is 0.341 e. The average molecular weight is 387 g/mol. The number of nitrogens with one attached hydrogen (secondary N) is 1. The summed E-state index contributed by atoms with van der Waals surface area (Å²) in [6, 6.07) is 13.0. The molecule has 0 aliphatic rings. The Morgan fingerprint density at radius 1 is 1.26 bits per heavy atom. The molecule has 0 unspecified atom stereocenters. The van der Waals surface area contributed by atoms with Crippen LogP contribution in [0, 0.1) is 11.3 Å². The second kappa shape index (κ2) is 9.27. The van der Waals surface area contributed by atoms with Crippen LogP contribution in [0.4, 0.5) is 5.69 Å². The van der Waals surface area contributed by atoms with Gasteiger partial charge in [-0.05, 0) is 42.0 Å². The number of ether oxygens (including phenoxy) is 2. The highest BCUT2D eigenvalue weighted by molar-refractivity contribution is 6.31. The molecule has 0 spiro atoms. The number of hydrogen-bond donors (Lipinski definition) is 2. The minimum atomic E-state index is -1.12. The van der Waals surface area contributed by atoms with Crippen molar-refractivity contribution >= 4 is 35.2 Å². The van der Waals surface area contributed by atoms with Crippen LogP contribution in [-0.4, -0.2) is 30.7 Å². The zero-order chi connectivity index (χ0) is 19.8. The number of aliphatic carboxylic acids is 1. The van der Waals surface area contributed by atoms with Crippen LogP contribution in [0.5, 0.6) is 11.5 Å². The first-order chi connectivity index (χ1) is 12.9. The third-order valence-electron chi connectivity index (χ3n) is 3.30. The second-order valence-corrected chi connectivity index (χ2v) is 5.66. The molecule has 0 aliphatic heterocycles. The summed E-state index contributed by atoms with van der Waals surface area (Å²) in [4.78, 5) is 22.9. The number of amides is 1. The van der Waals surface area contributed by atoms with Crippen LogP contribution >= 0.6 is 11.6 Å². The Bertz CT molecular complexity index is 934. The molecular weight excluding hydrogens is 372 g/mol. The van der Waals surface area contributed by atoms with E-state index in [2.05, 4.69) is 5.32 Å². The van der Waals surface area contributed by atoms with Crippen molar-refractivity contribution in [2.45, 2.75) is 0 Å². The Morgan fingerprint density at radius 3 is 2.67 bits per heavy atom. The molecule has 0 saturated heterocycles. The predicted molar refractivity (Wildman–Crippen MR) is 99.8 cm³/mol. The fraction of sp³-hybridized carbons (Fsp3) is 0.105. The Hall–Kier alpha value is -3.50. The zero-order valence-electron chi connectivity index (χ0n) is 14.2. The largest absolute Gasteiger partial charge is 0.493 e. The average Bonchev–Trinajstić information content (AvgIpc) is 2.64. The molecule has 0 radical (unpaired) electrons. The van der Waals surface area contributed by atoms with Crippen LogP contribution in [-0.2, 0) is 9.59 Å². The van der Waals surface area contributed by atoms with Crippen molar-refractivity contribution < 1.29 is 24.2 Å². The summed E-state index contributed by atoms with van der Waals surface area (Å²) in [5, 5.41) is 21.0. The van der Waals surface area contributed by atoms with Crippen molar-refractivity contribution in [3.63, 3.8) is 0 Å². The van der Waals surface area contributed by atoms with E-state index >= 15 is 0 Å². The maximum absolute atomic E-state index is 12.3. The van der Waals surface area contributed by atoms with Crippen molar-refractivity contribution in [3.05, 3.63) is 58.6 Å². The van der Waals surface area contributed by atoms with Gasteiger partial charge in [-0.25, -0.2) is 4.79 Å². The van der Waals surface area contributed by atoms with Gasteiger partial charge in [0.05, 0.1) is 7.11 Å². The molecule has 2 aromatic carbocycles. The number of carboxylic acid groups (broad SMARTS) is 1. The van der Waals surface area contributed by atoms with Gasteiger partial charge < -0.3 is 19.9 Å². The third-order valence-corrected chi connectivity index (χ3v) is 3.53. The van der Waals surface area contributed by atoms with E-state index in [4.69, 9.17) is 26.2 Å². The predicted octanol–water partition coefficient (Wildman–Crippen LogP) is 3.36. The molecule has 0 aliphatic carbocycles. The number of methoxy groups -OCH3 is 1. The molecule has 2 N–H and O–H groups in total. The lowest BCUT2D eigenvalue weighted by Gasteiger charge is -2.10. The minimum Gasteiger partial charge on any atom is -0.493 e. The van der Waals surface area contributed by atoms with Gasteiger partial charge in [-0.2, -0.15) is 5.26 Å². The third kappa shape index (κ3) is 5.76. The summed E-state index contributed by atoms with van der Waals surface area (Å²) in [6.45, 7) is -0.517. The lowest BCUT2D eigenvalue weighted by atomic mass is 10.1. The number of rotatable bonds is 7. The minimum absolute atomic E-state index is 0.128. The van der Waals surface area contributed by atoms with Crippen molar-refractivity contribution in [2.75, 3.05) is 19.0 Å². The number of hydrogen-bond acceptors (Lipinski definition) is 5. The van der Waals surface area contributed by atoms with Gasteiger partial charge in [-0.15, -0.1) is 0 Å². The molecule has 0 fully saturated rings. The van der Waals surface area contributed by atoms with E-state index in [0.717, 1.165) is 0 Å². The van der Waals surface area contributed by atoms with Gasteiger partial charge in [0.15, 0.2) is 18.1 Å². The molecule has 27 heavy (non-hydrogen) atoms. The van der Waals surface area contributed by atoms with E-state index in [-0.39, 0.29) is 17.1 Å². The topological polar surface area (TPSA) is 109 Å². The summed E-state index contributed by atoms with van der Waals surface area (Å²) >= 11 is 5.87. The molecule has 0 saturated carbocycles. The number of halogens is 1. The monoisotopic (exact) mass is 386 g/mol. The Balaban J connectivity index is 2.22. The number of nitrogens with zero attached hydrogens (tertiary/aromatic N) is 1. The van der Waals surface area contributed by atoms with Crippen molar-refractivity contribution in [1.82, 2.24) is 0 Å². The second-order valence-electron chi connectivity index (χ2n) is 5.23. The van der Waals surface area contributed by atoms with Crippen molar-refractivity contribution in [3.8, 4) is 17.6 Å². The Labute approximate surface area is 160 Å². The van der Waals surface area contributed by atoms with Crippen LogP contribution in [0.2, 0.25) is 5.02 Å². The van der Waals surface area contributed by atoms with E-state index in [9.17, 15) is 14.9 Å². The highest BCUT2D eigenvalue weighted by atomic mass is 35.5. The van der Waals surface area contributed by atoms with Gasteiger partial charge >= 0.3 is 5.97 Å². The molecule has 8 heteroatoms. The quantitative estimate of drug-likeness (QED) is 0.558. The molecule has 138 valence electrons. The highest BCUT2D eigenvalue weighted by Gasteiger charge is 2.12. The number of benzene rings is 2. The maximum Gasteiger partial charge on any atom is 0.341 e. The molecule has 0 bridgehead atoms. The van der Waals surface area contributed by atoms with E-state index < -0.39 is 18.5 Å². The van der Waals surface area contributed by atoms with Crippen LogP contribution in [0.25, 0.3) is 6.08 Å². The zero-order valence-corrected chi connectivity index (χ0v) is 15.0. The van der Waals surface area contributed by atoms with Gasteiger partial charge in [-0.3, -0.25) is 4.79 Å². The fourth-order valence-corrected chi connectivity index (χ4v) is 2.30. The number of anilines is 1. The normalized spacial score (nSPS) is 10.6. The van der Waals surface area contributed by atoms with Crippen molar-refractivity contribution in [2.24, 2.45) is 0 Å². The van der Waals surface area contributed by atoms with Gasteiger partial charge in [0.1, 0.15) is 11.6 Å². The summed E-state index contributed by atoms with van der Waals surface area (Å²) < 4.78 is 10.3. The standard InChI is InChI=1S/C19H15ClN2O5/c1-26-17-8-12(5-6-16(17)27-11-18(23)24)7-13(10-21)19(25)22-15-4-2-3-14(20)9-15/h2-9H,11H2,1H3,(H,22,25)(H,23,24). The molecule has 0 atom stereocenters. The van der Waals surface area contributed by atoms with Crippen LogP contribution in [0.1, 0.15) is 5.56 Å². The van der Waals surface area contributed by atoms with Crippen LogP contribution in [0.15, 0.2) is 48.0 Å². The molecular formula is C19H15ClN2O5. The number of carbonyl (C=O) groups excluding carboxylic acids is 1. The molecule has 7 nitrogen and oxygen atoms in total. The molecule has 0 aromatic heterocycles. The van der Waals surface area contributed by atoms with Gasteiger partial charge in [-0.1, -0.05) is 23.7 Å². The number of nitriles is 1. The highest BCUT2D eigenvalue weighted by Crippen LogP contribution is 2.29. The van der Waals surface area contributed by atoms with Gasteiger partial charge in [0.2, 0.25) is 0 Å². The SMILES string of the molecule is COc1cc(C=C(C#N)C(=O)Nc2cccc(Cl)c2)ccc1OCC(=O)O. The fourth-order valence-electron chi connectivity index (χ4n) is 2.11. The van der Waals surface area contributed by atoms with Gasteiger partial charge in [0, 0.05) is 10.7 Å². The lowest BCUT2D eigenvalue weighted by Crippen LogP contribution is -2.13. The maximum atomic E-state index is 12.3.